The van der Waals surface area contributed by atoms with E-state index < -0.39 is 0 Å². The maximum Gasteiger partial charge on any atom is -0.00399 e. The molecule has 1 heteroatoms. The standard InChI is InChI=1S/C3H8S.CH4/c1-3(2)4;/h3-4H,1-2H3;1H4. The van der Waals surface area contributed by atoms with E-state index in [1.165, 1.54) is 0 Å². The summed E-state index contributed by atoms with van der Waals surface area (Å²) in [6, 6.07) is 0. The van der Waals surface area contributed by atoms with E-state index in [-0.39, 0.29) is 7.43 Å². The van der Waals surface area contributed by atoms with Gasteiger partial charge in [-0.05, 0) is 5.25 Å². The Labute approximate surface area is 40.0 Å². The molecule has 0 unspecified atom stereocenters. The Morgan fingerprint density at radius 3 is 1.40 bits per heavy atom. The molecule has 0 amide bonds. The second-order valence-electron chi connectivity index (χ2n) is 1.09. The number of thiol groups is 1. The predicted octanol–water partition coefficient (Wildman–Crippen LogP) is 1.96. The Morgan fingerprint density at radius 1 is 1.40 bits per heavy atom. The highest BCUT2D eigenvalue weighted by Crippen LogP contribution is 1.83. The lowest BCUT2D eigenvalue weighted by Gasteiger charge is -1.78. The molecule has 0 aliphatic rings. The van der Waals surface area contributed by atoms with Gasteiger partial charge < -0.3 is 0 Å². The van der Waals surface area contributed by atoms with Crippen molar-refractivity contribution >= 4 is 12.6 Å². The monoisotopic (exact) mass is 92.1 g/mol. The van der Waals surface area contributed by atoms with Crippen molar-refractivity contribution in [1.82, 2.24) is 0 Å². The van der Waals surface area contributed by atoms with E-state index in [9.17, 15) is 0 Å². The first-order valence-corrected chi connectivity index (χ1v) is 1.93. The molecule has 0 bridgehead atoms. The van der Waals surface area contributed by atoms with Gasteiger partial charge in [-0.1, -0.05) is 21.3 Å². The molecule has 0 aromatic heterocycles. The lowest BCUT2D eigenvalue weighted by atomic mass is 10.6. The zero-order valence-corrected chi connectivity index (χ0v) is 3.92. The quantitative estimate of drug-likeness (QED) is 0.434. The fraction of sp³-hybridized carbons (Fsp3) is 1.00. The van der Waals surface area contributed by atoms with Gasteiger partial charge in [-0.3, -0.25) is 0 Å². The summed E-state index contributed by atoms with van der Waals surface area (Å²) >= 11 is 3.97. The predicted molar refractivity (Wildman–Crippen MR) is 30.9 cm³/mol. The van der Waals surface area contributed by atoms with Crippen molar-refractivity contribution in [2.75, 3.05) is 0 Å². The van der Waals surface area contributed by atoms with Crippen LogP contribution in [0.25, 0.3) is 0 Å². The molecule has 0 aliphatic heterocycles. The van der Waals surface area contributed by atoms with Crippen LogP contribution >= 0.6 is 12.6 Å². The Balaban J connectivity index is 0. The molecule has 0 N–H and O–H groups in total. The van der Waals surface area contributed by atoms with Gasteiger partial charge in [-0.15, -0.1) is 0 Å². The first-order chi connectivity index (χ1) is 1.73. The summed E-state index contributed by atoms with van der Waals surface area (Å²) in [6.07, 6.45) is 0. The molecule has 34 valence electrons. The molecule has 0 radical (unpaired) electrons. The summed E-state index contributed by atoms with van der Waals surface area (Å²) in [5.41, 5.74) is 0. The van der Waals surface area contributed by atoms with Crippen LogP contribution < -0.4 is 0 Å². The molecule has 0 fully saturated rings. The van der Waals surface area contributed by atoms with Gasteiger partial charge >= 0.3 is 0 Å². The Kier molecular flexibility index (Phi) is 7.85. The summed E-state index contributed by atoms with van der Waals surface area (Å²) in [5, 5.41) is 0.528. The van der Waals surface area contributed by atoms with Gasteiger partial charge in [-0.25, -0.2) is 0 Å². The highest BCUT2D eigenvalue weighted by Gasteiger charge is 1.69. The van der Waals surface area contributed by atoms with Crippen molar-refractivity contribution < 1.29 is 0 Å². The largest absolute Gasteiger partial charge is 0.177 e. The molecule has 0 aromatic carbocycles. The minimum Gasteiger partial charge on any atom is -0.177 e. The van der Waals surface area contributed by atoms with Crippen LogP contribution in [0.2, 0.25) is 0 Å². The second kappa shape index (κ2) is 4.35. The van der Waals surface area contributed by atoms with Crippen molar-refractivity contribution in [1.29, 1.82) is 0 Å². The van der Waals surface area contributed by atoms with Gasteiger partial charge in [0.1, 0.15) is 0 Å². The highest BCUT2D eigenvalue weighted by atomic mass is 32.1. The summed E-state index contributed by atoms with van der Waals surface area (Å²) < 4.78 is 0. The van der Waals surface area contributed by atoms with Crippen molar-refractivity contribution in [3.8, 4) is 0 Å². The smallest absolute Gasteiger partial charge is 0.00399 e. The van der Waals surface area contributed by atoms with Crippen LogP contribution in [0.4, 0.5) is 0 Å². The van der Waals surface area contributed by atoms with E-state index in [2.05, 4.69) is 12.6 Å². The SMILES string of the molecule is C.CC(C)S. The van der Waals surface area contributed by atoms with Crippen LogP contribution in [-0.2, 0) is 0 Å². The minimum absolute atomic E-state index is 0. The molecular weight excluding hydrogens is 80.1 g/mol. The molecule has 5 heavy (non-hydrogen) atoms. The van der Waals surface area contributed by atoms with Crippen molar-refractivity contribution in [2.45, 2.75) is 26.5 Å². The van der Waals surface area contributed by atoms with E-state index in [0.29, 0.717) is 5.25 Å². The van der Waals surface area contributed by atoms with Crippen LogP contribution in [-0.4, -0.2) is 5.25 Å². The number of hydrogen-bond acceptors (Lipinski definition) is 1. The summed E-state index contributed by atoms with van der Waals surface area (Å²) in [6.45, 7) is 4.06. The average molecular weight is 92.2 g/mol. The van der Waals surface area contributed by atoms with Crippen LogP contribution in [0.5, 0.6) is 0 Å². The van der Waals surface area contributed by atoms with Crippen LogP contribution in [0, 0.1) is 0 Å². The lowest BCUT2D eigenvalue weighted by Crippen LogP contribution is -1.71. The van der Waals surface area contributed by atoms with Crippen LogP contribution in [0.15, 0.2) is 0 Å². The van der Waals surface area contributed by atoms with Gasteiger partial charge in [0.2, 0.25) is 0 Å². The average Bonchev–Trinajstić information content (AvgIpc) is 0.811. The fourth-order valence-electron chi connectivity index (χ4n) is 0. The molecule has 0 saturated heterocycles. The summed E-state index contributed by atoms with van der Waals surface area (Å²) in [7, 11) is 0. The molecule has 0 rings (SSSR count). The molecular formula is C4H12S. The minimum atomic E-state index is 0. The third-order valence-corrected chi connectivity index (χ3v) is 0. The van der Waals surface area contributed by atoms with Crippen molar-refractivity contribution in [3.63, 3.8) is 0 Å². The Morgan fingerprint density at radius 2 is 1.40 bits per heavy atom. The van der Waals surface area contributed by atoms with Crippen LogP contribution in [0.1, 0.15) is 21.3 Å². The van der Waals surface area contributed by atoms with E-state index in [1.54, 1.807) is 0 Å². The lowest BCUT2D eigenvalue weighted by molar-refractivity contribution is 1.13. The van der Waals surface area contributed by atoms with Gasteiger partial charge in [-0.2, -0.15) is 12.6 Å². The fourth-order valence-corrected chi connectivity index (χ4v) is 0. The molecule has 0 saturated carbocycles. The molecule has 0 heterocycles. The zero-order chi connectivity index (χ0) is 3.58. The summed E-state index contributed by atoms with van der Waals surface area (Å²) in [5.74, 6) is 0. The van der Waals surface area contributed by atoms with Crippen LogP contribution in [0.3, 0.4) is 0 Å². The molecule has 0 aromatic rings. The molecule has 0 aliphatic carbocycles. The van der Waals surface area contributed by atoms with Gasteiger partial charge in [0.15, 0.2) is 0 Å². The zero-order valence-electron chi connectivity index (χ0n) is 3.02. The normalized spacial score (nSPS) is 7.20. The first-order valence-electron chi connectivity index (χ1n) is 1.41. The molecule has 0 spiro atoms. The van der Waals surface area contributed by atoms with Gasteiger partial charge in [0, 0.05) is 0 Å². The Hall–Kier alpha value is 0.350. The highest BCUT2D eigenvalue weighted by molar-refractivity contribution is 7.80. The summed E-state index contributed by atoms with van der Waals surface area (Å²) in [4.78, 5) is 0. The first kappa shape index (κ1) is 9.02. The van der Waals surface area contributed by atoms with E-state index >= 15 is 0 Å². The van der Waals surface area contributed by atoms with Crippen molar-refractivity contribution in [3.05, 3.63) is 0 Å². The van der Waals surface area contributed by atoms with Gasteiger partial charge in [0.25, 0.3) is 0 Å². The molecule has 0 atom stereocenters. The topological polar surface area (TPSA) is 0 Å². The maximum atomic E-state index is 3.97. The maximum absolute atomic E-state index is 3.97. The third kappa shape index (κ3) is 196. The van der Waals surface area contributed by atoms with Crippen molar-refractivity contribution in [2.24, 2.45) is 0 Å². The second-order valence-corrected chi connectivity index (χ2v) is 2.13. The van der Waals surface area contributed by atoms with E-state index in [4.69, 9.17) is 0 Å². The number of rotatable bonds is 0. The van der Waals surface area contributed by atoms with Gasteiger partial charge in [0.05, 0.1) is 0 Å². The Bertz CT molecular complexity index is 8.36. The molecule has 0 nitrogen and oxygen atoms in total. The number of hydrogen-bond donors (Lipinski definition) is 1. The third-order valence-electron chi connectivity index (χ3n) is 0. The van der Waals surface area contributed by atoms with E-state index in [1.807, 2.05) is 13.8 Å². The van der Waals surface area contributed by atoms with E-state index in [0.717, 1.165) is 0 Å².